The van der Waals surface area contributed by atoms with E-state index in [2.05, 4.69) is 6.07 Å². The van der Waals surface area contributed by atoms with Gasteiger partial charge in [-0.3, -0.25) is 0 Å². The van der Waals surface area contributed by atoms with E-state index in [1.807, 2.05) is 48.5 Å². The molecule has 0 fully saturated rings. The number of halogens is 1. The van der Waals surface area contributed by atoms with Gasteiger partial charge in [-0.15, -0.1) is 0 Å². The Morgan fingerprint density at radius 2 is 1.79 bits per heavy atom. The Balaban J connectivity index is 2.19. The Labute approximate surface area is 92.9 Å². The summed E-state index contributed by atoms with van der Waals surface area (Å²) in [5.74, 6) is 0. The Hall–Kier alpha value is -0.920. The summed E-state index contributed by atoms with van der Waals surface area (Å²) in [5, 5.41) is 0.775. The van der Waals surface area contributed by atoms with E-state index in [0.29, 0.717) is 0 Å². The number of benzene rings is 2. The molecule has 0 N–H and O–H groups in total. The molecule has 2 heteroatoms. The van der Waals surface area contributed by atoms with Crippen molar-refractivity contribution in [3.05, 3.63) is 59.6 Å². The van der Waals surface area contributed by atoms with Crippen molar-refractivity contribution < 1.29 is 0 Å². The summed E-state index contributed by atoms with van der Waals surface area (Å²) in [6.45, 7) is 0. The van der Waals surface area contributed by atoms with Crippen molar-refractivity contribution in [2.45, 2.75) is 9.79 Å². The lowest BCUT2D eigenvalue weighted by Crippen LogP contribution is -1.72. The molecule has 0 unspecified atom stereocenters. The third-order valence-corrected chi connectivity index (χ3v) is 2.95. The van der Waals surface area contributed by atoms with Crippen LogP contribution in [0.15, 0.2) is 58.3 Å². The van der Waals surface area contributed by atoms with Gasteiger partial charge in [0.2, 0.25) is 0 Å². The molecule has 0 bridgehead atoms. The van der Waals surface area contributed by atoms with E-state index in [4.69, 9.17) is 11.6 Å². The van der Waals surface area contributed by atoms with Crippen LogP contribution in [0.4, 0.5) is 0 Å². The van der Waals surface area contributed by atoms with Gasteiger partial charge in [-0.2, -0.15) is 0 Å². The molecule has 2 rings (SSSR count). The summed E-state index contributed by atoms with van der Waals surface area (Å²) >= 11 is 7.59. The van der Waals surface area contributed by atoms with E-state index >= 15 is 0 Å². The van der Waals surface area contributed by atoms with Crippen molar-refractivity contribution in [3.63, 3.8) is 0 Å². The minimum atomic E-state index is 0.775. The van der Waals surface area contributed by atoms with Gasteiger partial charge in [0.1, 0.15) is 0 Å². The Morgan fingerprint density at radius 3 is 2.50 bits per heavy atom. The lowest BCUT2D eigenvalue weighted by Gasteiger charge is -2.00. The molecule has 1 radical (unpaired) electrons. The summed E-state index contributed by atoms with van der Waals surface area (Å²) in [6.07, 6.45) is 0. The monoisotopic (exact) mass is 219 g/mol. The first-order chi connectivity index (χ1) is 6.84. The fraction of sp³-hybridized carbons (Fsp3) is 0. The molecule has 0 heterocycles. The second-order valence-electron chi connectivity index (χ2n) is 2.80. The van der Waals surface area contributed by atoms with E-state index in [0.717, 1.165) is 9.92 Å². The van der Waals surface area contributed by atoms with Gasteiger partial charge in [0.15, 0.2) is 0 Å². The van der Waals surface area contributed by atoms with Crippen molar-refractivity contribution in [2.75, 3.05) is 0 Å². The van der Waals surface area contributed by atoms with Crippen LogP contribution in [-0.4, -0.2) is 0 Å². The Bertz CT molecular complexity index is 412. The van der Waals surface area contributed by atoms with Gasteiger partial charge < -0.3 is 0 Å². The zero-order valence-corrected chi connectivity index (χ0v) is 8.98. The van der Waals surface area contributed by atoms with Crippen LogP contribution in [-0.2, 0) is 0 Å². The van der Waals surface area contributed by atoms with Crippen molar-refractivity contribution in [2.24, 2.45) is 0 Å². The third-order valence-electron chi connectivity index (χ3n) is 1.72. The van der Waals surface area contributed by atoms with E-state index in [9.17, 15) is 0 Å². The highest BCUT2D eigenvalue weighted by atomic mass is 35.5. The van der Waals surface area contributed by atoms with Crippen LogP contribution in [0.1, 0.15) is 0 Å². The van der Waals surface area contributed by atoms with Crippen LogP contribution < -0.4 is 0 Å². The van der Waals surface area contributed by atoms with Crippen LogP contribution in [0.25, 0.3) is 0 Å². The lowest BCUT2D eigenvalue weighted by molar-refractivity contribution is 1.40. The van der Waals surface area contributed by atoms with Crippen LogP contribution >= 0.6 is 23.4 Å². The van der Waals surface area contributed by atoms with Gasteiger partial charge in [0.25, 0.3) is 0 Å². The Kier molecular flexibility index (Phi) is 3.12. The molecule has 2 aromatic rings. The van der Waals surface area contributed by atoms with Crippen molar-refractivity contribution >= 4 is 23.4 Å². The molecule has 0 amide bonds. The predicted octanol–water partition coefficient (Wildman–Crippen LogP) is 4.29. The minimum Gasteiger partial charge on any atom is -0.0901 e. The van der Waals surface area contributed by atoms with Gasteiger partial charge in [0, 0.05) is 14.8 Å². The molecule has 0 aliphatic carbocycles. The first kappa shape index (κ1) is 9.63. The summed E-state index contributed by atoms with van der Waals surface area (Å²) in [7, 11) is 0. The van der Waals surface area contributed by atoms with Gasteiger partial charge in [0.05, 0.1) is 0 Å². The van der Waals surface area contributed by atoms with Crippen LogP contribution in [0.2, 0.25) is 5.02 Å². The van der Waals surface area contributed by atoms with Gasteiger partial charge in [-0.05, 0) is 36.4 Å². The highest BCUT2D eigenvalue weighted by Gasteiger charge is 1.96. The topological polar surface area (TPSA) is 0 Å². The van der Waals surface area contributed by atoms with E-state index in [1.54, 1.807) is 11.8 Å². The van der Waals surface area contributed by atoms with Crippen molar-refractivity contribution in [3.8, 4) is 0 Å². The minimum absolute atomic E-state index is 0.775. The first-order valence-corrected chi connectivity index (χ1v) is 5.43. The van der Waals surface area contributed by atoms with Crippen molar-refractivity contribution in [1.29, 1.82) is 0 Å². The summed E-state index contributed by atoms with van der Waals surface area (Å²) in [5.41, 5.74) is 0. The molecule has 0 aromatic heterocycles. The van der Waals surface area contributed by atoms with Gasteiger partial charge in [-0.25, -0.2) is 0 Å². The molecular formula is C12H8ClS. The predicted molar refractivity (Wildman–Crippen MR) is 60.9 cm³/mol. The Morgan fingerprint density at radius 1 is 1.00 bits per heavy atom. The second kappa shape index (κ2) is 4.54. The molecule has 2 aromatic carbocycles. The smallest absolute Gasteiger partial charge is 0.0417 e. The molecule has 69 valence electrons. The van der Waals surface area contributed by atoms with E-state index in [-0.39, 0.29) is 0 Å². The third kappa shape index (κ3) is 2.53. The quantitative estimate of drug-likeness (QED) is 0.726. The lowest BCUT2D eigenvalue weighted by atomic mass is 10.4. The average molecular weight is 220 g/mol. The first-order valence-electron chi connectivity index (χ1n) is 4.24. The number of rotatable bonds is 2. The standard InChI is InChI=1S/C12H8ClS/c13-10-5-4-8-12(9-10)14-11-6-2-1-3-7-11/h2-9H. The fourth-order valence-electron chi connectivity index (χ4n) is 1.11. The van der Waals surface area contributed by atoms with Gasteiger partial charge in [-0.1, -0.05) is 41.6 Å². The summed E-state index contributed by atoms with van der Waals surface area (Å²) < 4.78 is 0. The van der Waals surface area contributed by atoms with E-state index < -0.39 is 0 Å². The number of hydrogen-bond acceptors (Lipinski definition) is 1. The largest absolute Gasteiger partial charge is 0.0901 e. The summed E-state index contributed by atoms with van der Waals surface area (Å²) in [6, 6.07) is 18.7. The molecule has 0 spiro atoms. The maximum Gasteiger partial charge on any atom is 0.0417 e. The highest BCUT2D eigenvalue weighted by Crippen LogP contribution is 2.28. The maximum absolute atomic E-state index is 5.89. The van der Waals surface area contributed by atoms with E-state index in [1.165, 1.54) is 4.90 Å². The summed E-state index contributed by atoms with van der Waals surface area (Å²) in [4.78, 5) is 2.36. The maximum atomic E-state index is 5.89. The SMILES string of the molecule is Clc1cccc(Sc2cc[c]cc2)c1. The van der Waals surface area contributed by atoms with Crippen molar-refractivity contribution in [1.82, 2.24) is 0 Å². The number of hydrogen-bond donors (Lipinski definition) is 0. The molecule has 0 aliphatic rings. The molecule has 0 saturated heterocycles. The second-order valence-corrected chi connectivity index (χ2v) is 4.38. The van der Waals surface area contributed by atoms with Crippen LogP contribution in [0.3, 0.4) is 0 Å². The molecule has 0 atom stereocenters. The molecule has 0 nitrogen and oxygen atoms in total. The fourth-order valence-corrected chi connectivity index (χ4v) is 2.24. The van der Waals surface area contributed by atoms with Gasteiger partial charge >= 0.3 is 0 Å². The highest BCUT2D eigenvalue weighted by molar-refractivity contribution is 7.99. The molecule has 0 aliphatic heterocycles. The molecule has 0 saturated carbocycles. The van der Waals surface area contributed by atoms with Crippen LogP contribution in [0, 0.1) is 6.07 Å². The zero-order valence-electron chi connectivity index (χ0n) is 7.41. The van der Waals surface area contributed by atoms with Crippen LogP contribution in [0.5, 0.6) is 0 Å². The molecule has 14 heavy (non-hydrogen) atoms. The molecular weight excluding hydrogens is 212 g/mol. The normalized spacial score (nSPS) is 10.1. The zero-order chi connectivity index (χ0) is 9.80. The average Bonchev–Trinajstić information content (AvgIpc) is 2.19.